The van der Waals surface area contributed by atoms with Crippen molar-refractivity contribution in [2.45, 2.75) is 48.0 Å². The fourth-order valence-corrected chi connectivity index (χ4v) is 1.44. The monoisotopic (exact) mass is 250 g/mol. The maximum absolute atomic E-state index is 12.1. The summed E-state index contributed by atoms with van der Waals surface area (Å²) in [5.41, 5.74) is -0.741. The second kappa shape index (κ2) is 6.12. The summed E-state index contributed by atoms with van der Waals surface area (Å²) >= 11 is 0. The van der Waals surface area contributed by atoms with Gasteiger partial charge >= 0.3 is 0 Å². The summed E-state index contributed by atoms with van der Waals surface area (Å²) in [6, 6.07) is 0. The molecule has 0 N–H and O–H groups in total. The molecule has 0 aromatic rings. The first-order valence-corrected chi connectivity index (χ1v) is 6.38. The Kier molecular flexibility index (Phi) is 5.72. The molecule has 0 heterocycles. The molecule has 0 aliphatic rings. The van der Waals surface area contributed by atoms with Gasteiger partial charge in [-0.3, -0.25) is 9.59 Å². The Hall–Kier alpha value is -1.18. The largest absolute Gasteiger partial charge is 0.298 e. The van der Waals surface area contributed by atoms with E-state index in [2.05, 4.69) is 6.58 Å². The van der Waals surface area contributed by atoms with Crippen LogP contribution in [0, 0.1) is 16.7 Å². The van der Waals surface area contributed by atoms with Gasteiger partial charge in [-0.1, -0.05) is 53.7 Å². The molecule has 0 spiro atoms. The van der Waals surface area contributed by atoms with Crippen LogP contribution in [0.4, 0.5) is 0 Å². The van der Waals surface area contributed by atoms with E-state index in [-0.39, 0.29) is 28.3 Å². The van der Waals surface area contributed by atoms with E-state index in [1.165, 1.54) is 0 Å². The van der Waals surface area contributed by atoms with E-state index in [0.29, 0.717) is 6.42 Å². The van der Waals surface area contributed by atoms with Gasteiger partial charge in [0.15, 0.2) is 5.78 Å². The van der Waals surface area contributed by atoms with Crippen LogP contribution in [0.1, 0.15) is 48.0 Å². The molecule has 0 aromatic carbocycles. The molecule has 0 aliphatic carbocycles. The lowest BCUT2D eigenvalue weighted by Crippen LogP contribution is -2.27. The molecular formula is C16H26O2. The standard InChI is InChI=1S/C16H26O2/c1-8-12(14(18)16(5,6)7)10-9-11-13(17)15(2,3)4/h8-9,11-12H,1,10H2,2-7H3. The summed E-state index contributed by atoms with van der Waals surface area (Å²) in [6.45, 7) is 15.0. The summed E-state index contributed by atoms with van der Waals surface area (Å²) in [7, 11) is 0. The Labute approximate surface area is 111 Å². The van der Waals surface area contributed by atoms with E-state index in [1.807, 2.05) is 41.5 Å². The van der Waals surface area contributed by atoms with Crippen molar-refractivity contribution in [2.24, 2.45) is 16.7 Å². The molecule has 1 atom stereocenters. The number of hydrogen-bond acceptors (Lipinski definition) is 2. The van der Waals surface area contributed by atoms with Crippen LogP contribution in [-0.2, 0) is 9.59 Å². The van der Waals surface area contributed by atoms with Gasteiger partial charge in [0.1, 0.15) is 5.78 Å². The molecule has 0 saturated carbocycles. The third-order valence-corrected chi connectivity index (χ3v) is 2.76. The topological polar surface area (TPSA) is 34.1 Å². The van der Waals surface area contributed by atoms with E-state index >= 15 is 0 Å². The van der Waals surface area contributed by atoms with Crippen molar-refractivity contribution >= 4 is 11.6 Å². The van der Waals surface area contributed by atoms with Gasteiger partial charge in [-0.05, 0) is 12.5 Å². The lowest BCUT2D eigenvalue weighted by Gasteiger charge is -2.21. The van der Waals surface area contributed by atoms with Gasteiger partial charge in [0.25, 0.3) is 0 Å². The second-order valence-corrected chi connectivity index (χ2v) is 6.71. The lowest BCUT2D eigenvalue weighted by molar-refractivity contribution is -0.129. The third kappa shape index (κ3) is 5.44. The van der Waals surface area contributed by atoms with Crippen LogP contribution in [0.15, 0.2) is 24.8 Å². The molecule has 2 heteroatoms. The highest BCUT2D eigenvalue weighted by molar-refractivity contribution is 5.94. The number of rotatable bonds is 5. The minimum atomic E-state index is -0.374. The molecule has 2 nitrogen and oxygen atoms in total. The van der Waals surface area contributed by atoms with Gasteiger partial charge in [0.05, 0.1) is 0 Å². The number of Topliss-reactive ketones (excluding diaryl/α,β-unsaturated/α-hetero) is 1. The first kappa shape index (κ1) is 16.8. The summed E-state index contributed by atoms with van der Waals surface area (Å²) in [4.78, 5) is 23.8. The molecule has 0 aliphatic heterocycles. The lowest BCUT2D eigenvalue weighted by atomic mass is 9.81. The number of ketones is 2. The number of carbonyl (C=O) groups excluding carboxylic acids is 2. The van der Waals surface area contributed by atoms with Crippen LogP contribution >= 0.6 is 0 Å². The van der Waals surface area contributed by atoms with Crippen molar-refractivity contribution in [2.75, 3.05) is 0 Å². The first-order chi connectivity index (χ1) is 8.00. The zero-order valence-electron chi connectivity index (χ0n) is 12.5. The van der Waals surface area contributed by atoms with Crippen molar-refractivity contribution in [1.82, 2.24) is 0 Å². The van der Waals surface area contributed by atoms with E-state index in [9.17, 15) is 9.59 Å². The first-order valence-electron chi connectivity index (χ1n) is 6.38. The Morgan fingerprint density at radius 2 is 1.56 bits per heavy atom. The Morgan fingerprint density at radius 1 is 1.06 bits per heavy atom. The maximum Gasteiger partial charge on any atom is 0.160 e. The highest BCUT2D eigenvalue weighted by Gasteiger charge is 2.27. The normalized spacial score (nSPS) is 14.6. The van der Waals surface area contributed by atoms with Crippen molar-refractivity contribution in [3.63, 3.8) is 0 Å². The molecule has 0 radical (unpaired) electrons. The van der Waals surface area contributed by atoms with Crippen molar-refractivity contribution in [1.29, 1.82) is 0 Å². The highest BCUT2D eigenvalue weighted by Crippen LogP contribution is 2.23. The van der Waals surface area contributed by atoms with Gasteiger partial charge in [0, 0.05) is 16.7 Å². The molecule has 18 heavy (non-hydrogen) atoms. The van der Waals surface area contributed by atoms with Crippen molar-refractivity contribution in [3.8, 4) is 0 Å². The van der Waals surface area contributed by atoms with Crippen molar-refractivity contribution in [3.05, 3.63) is 24.8 Å². The molecule has 0 saturated heterocycles. The molecule has 102 valence electrons. The summed E-state index contributed by atoms with van der Waals surface area (Å²) < 4.78 is 0. The van der Waals surface area contributed by atoms with Crippen LogP contribution in [0.2, 0.25) is 0 Å². The Morgan fingerprint density at radius 3 is 1.89 bits per heavy atom. The highest BCUT2D eigenvalue weighted by atomic mass is 16.1. The van der Waals surface area contributed by atoms with Crippen molar-refractivity contribution < 1.29 is 9.59 Å². The summed E-state index contributed by atoms with van der Waals surface area (Å²) in [6.07, 6.45) is 5.57. The number of allylic oxidation sites excluding steroid dienone is 3. The molecule has 0 rings (SSSR count). The van der Waals surface area contributed by atoms with Gasteiger partial charge in [-0.2, -0.15) is 0 Å². The van der Waals surface area contributed by atoms with Gasteiger partial charge in [0.2, 0.25) is 0 Å². The molecule has 0 bridgehead atoms. The van der Waals surface area contributed by atoms with E-state index in [4.69, 9.17) is 0 Å². The molecule has 0 aromatic heterocycles. The van der Waals surface area contributed by atoms with E-state index in [1.54, 1.807) is 18.2 Å². The van der Waals surface area contributed by atoms with Gasteiger partial charge < -0.3 is 0 Å². The van der Waals surface area contributed by atoms with Crippen LogP contribution in [0.25, 0.3) is 0 Å². The fraction of sp³-hybridized carbons (Fsp3) is 0.625. The molecule has 0 fully saturated rings. The maximum atomic E-state index is 12.1. The minimum absolute atomic E-state index is 0.0773. The summed E-state index contributed by atoms with van der Waals surface area (Å²) in [5.74, 6) is 0.0212. The van der Waals surface area contributed by atoms with Crippen LogP contribution < -0.4 is 0 Å². The zero-order chi connectivity index (χ0) is 14.6. The second-order valence-electron chi connectivity index (χ2n) is 6.71. The smallest absolute Gasteiger partial charge is 0.160 e. The predicted octanol–water partition coefficient (Wildman–Crippen LogP) is 3.97. The Bertz CT molecular complexity index is 348. The van der Waals surface area contributed by atoms with Crippen LogP contribution in [0.3, 0.4) is 0 Å². The minimum Gasteiger partial charge on any atom is -0.298 e. The van der Waals surface area contributed by atoms with Crippen LogP contribution in [0.5, 0.6) is 0 Å². The third-order valence-electron chi connectivity index (χ3n) is 2.76. The van der Waals surface area contributed by atoms with Gasteiger partial charge in [-0.15, -0.1) is 6.58 Å². The Balaban J connectivity index is 4.61. The molecule has 1 unspecified atom stereocenters. The SMILES string of the molecule is C=CC(CC=CC(=O)C(C)(C)C)C(=O)C(C)(C)C. The zero-order valence-corrected chi connectivity index (χ0v) is 12.5. The van der Waals surface area contributed by atoms with E-state index < -0.39 is 0 Å². The van der Waals surface area contributed by atoms with Gasteiger partial charge in [-0.25, -0.2) is 0 Å². The fourth-order valence-electron chi connectivity index (χ4n) is 1.44. The predicted molar refractivity (Wildman–Crippen MR) is 76.4 cm³/mol. The molecule has 0 amide bonds. The number of carbonyl (C=O) groups is 2. The average Bonchev–Trinajstić information content (AvgIpc) is 2.20. The average molecular weight is 250 g/mol. The number of hydrogen-bond donors (Lipinski definition) is 0. The quantitative estimate of drug-likeness (QED) is 0.546. The summed E-state index contributed by atoms with van der Waals surface area (Å²) in [5, 5.41) is 0. The van der Waals surface area contributed by atoms with E-state index in [0.717, 1.165) is 0 Å². The molecular weight excluding hydrogens is 224 g/mol. The van der Waals surface area contributed by atoms with Crippen LogP contribution in [-0.4, -0.2) is 11.6 Å².